The van der Waals surface area contributed by atoms with Gasteiger partial charge in [0.05, 0.1) is 11.2 Å². The standard InChI is InChI=1S/C29H26N8O2/c1-3-27(38)36-12-4-5-20(10-13-36)23-7-8-24-28(35-23)29(32-17-30-24)34-21-6-9-25(19(2)15-21)39-22-11-14-37-26(16-22)31-18-33-37/h3,5-9,11,14-18H,1,4,10,12-13H2,2H3,(H,30,32,34). The molecule has 5 aromatic rings. The van der Waals surface area contributed by atoms with E-state index < -0.39 is 0 Å². The van der Waals surface area contributed by atoms with E-state index in [1.807, 2.05) is 60.5 Å². The number of amides is 1. The van der Waals surface area contributed by atoms with Crippen LogP contribution in [0.1, 0.15) is 24.1 Å². The van der Waals surface area contributed by atoms with Gasteiger partial charge in [0.2, 0.25) is 5.91 Å². The maximum absolute atomic E-state index is 12.1. The largest absolute Gasteiger partial charge is 0.457 e. The first-order valence-corrected chi connectivity index (χ1v) is 12.6. The molecular weight excluding hydrogens is 492 g/mol. The first kappa shape index (κ1) is 24.2. The van der Waals surface area contributed by atoms with Crippen molar-refractivity contribution in [2.75, 3.05) is 18.4 Å². The Bertz CT molecular complexity index is 1740. The topological polar surface area (TPSA) is 110 Å². The molecule has 0 fully saturated rings. The van der Waals surface area contributed by atoms with Gasteiger partial charge in [-0.05, 0) is 73.4 Å². The Hall–Kier alpha value is -5.12. The summed E-state index contributed by atoms with van der Waals surface area (Å²) >= 11 is 0. The number of aromatic nitrogens is 6. The van der Waals surface area contributed by atoms with E-state index in [9.17, 15) is 4.79 Å². The lowest BCUT2D eigenvalue weighted by Crippen LogP contribution is -2.30. The number of fused-ring (bicyclic) bond motifs is 2. The molecule has 5 heterocycles. The number of aryl methyl sites for hydroxylation is 1. The van der Waals surface area contributed by atoms with Crippen molar-refractivity contribution < 1.29 is 9.53 Å². The summed E-state index contributed by atoms with van der Waals surface area (Å²) in [6.07, 6.45) is 9.86. The summed E-state index contributed by atoms with van der Waals surface area (Å²) in [5.41, 5.74) is 5.91. The second kappa shape index (κ2) is 10.3. The molecule has 1 aromatic carbocycles. The summed E-state index contributed by atoms with van der Waals surface area (Å²) in [5, 5.41) is 7.51. The van der Waals surface area contributed by atoms with Gasteiger partial charge in [-0.15, -0.1) is 0 Å². The average Bonchev–Trinajstić information content (AvgIpc) is 3.28. The van der Waals surface area contributed by atoms with Gasteiger partial charge in [0.25, 0.3) is 0 Å². The number of hydrogen-bond donors (Lipinski definition) is 1. The number of carbonyl (C=O) groups excluding carboxylic acids is 1. The third-order valence-electron chi connectivity index (χ3n) is 6.66. The minimum absolute atomic E-state index is 0.0425. The van der Waals surface area contributed by atoms with Crippen molar-refractivity contribution in [2.24, 2.45) is 0 Å². The van der Waals surface area contributed by atoms with Crippen LogP contribution in [0.2, 0.25) is 0 Å². The van der Waals surface area contributed by atoms with Crippen LogP contribution >= 0.6 is 0 Å². The third-order valence-corrected chi connectivity index (χ3v) is 6.66. The first-order chi connectivity index (χ1) is 19.1. The van der Waals surface area contributed by atoms with Gasteiger partial charge < -0.3 is 15.0 Å². The molecule has 1 aliphatic heterocycles. The summed E-state index contributed by atoms with van der Waals surface area (Å²) in [6.45, 7) is 6.90. The van der Waals surface area contributed by atoms with Gasteiger partial charge in [0.1, 0.15) is 29.7 Å². The Kier molecular flexibility index (Phi) is 6.42. The molecule has 0 bridgehead atoms. The van der Waals surface area contributed by atoms with Crippen LogP contribution < -0.4 is 10.1 Å². The van der Waals surface area contributed by atoms with Crippen molar-refractivity contribution in [3.8, 4) is 11.5 Å². The fraction of sp³-hybridized carbons (Fsp3) is 0.172. The van der Waals surface area contributed by atoms with E-state index in [2.05, 4.69) is 38.0 Å². The molecule has 0 radical (unpaired) electrons. The van der Waals surface area contributed by atoms with Gasteiger partial charge >= 0.3 is 0 Å². The van der Waals surface area contributed by atoms with Crippen LogP contribution in [0.5, 0.6) is 11.5 Å². The highest BCUT2D eigenvalue weighted by atomic mass is 16.5. The number of benzene rings is 1. The van der Waals surface area contributed by atoms with E-state index in [-0.39, 0.29) is 5.91 Å². The number of nitrogens with one attached hydrogen (secondary N) is 1. The van der Waals surface area contributed by atoms with Crippen LogP contribution in [0.15, 0.2) is 80.0 Å². The smallest absolute Gasteiger partial charge is 0.245 e. The Morgan fingerprint density at radius 3 is 2.87 bits per heavy atom. The molecule has 0 saturated carbocycles. The molecule has 1 N–H and O–H groups in total. The van der Waals surface area contributed by atoms with E-state index in [1.54, 1.807) is 4.52 Å². The van der Waals surface area contributed by atoms with Crippen molar-refractivity contribution in [3.63, 3.8) is 0 Å². The molecule has 1 amide bonds. The zero-order valence-electron chi connectivity index (χ0n) is 21.4. The van der Waals surface area contributed by atoms with E-state index in [1.165, 1.54) is 18.7 Å². The molecule has 39 heavy (non-hydrogen) atoms. The van der Waals surface area contributed by atoms with Gasteiger partial charge in [-0.1, -0.05) is 12.7 Å². The lowest BCUT2D eigenvalue weighted by Gasteiger charge is -2.18. The van der Waals surface area contributed by atoms with Crippen molar-refractivity contribution in [2.45, 2.75) is 19.8 Å². The summed E-state index contributed by atoms with van der Waals surface area (Å²) in [4.78, 5) is 31.9. The van der Waals surface area contributed by atoms with Gasteiger partial charge in [-0.3, -0.25) is 4.79 Å². The monoisotopic (exact) mass is 518 g/mol. The normalized spacial score (nSPS) is 13.7. The van der Waals surface area contributed by atoms with Gasteiger partial charge in [0, 0.05) is 31.0 Å². The fourth-order valence-corrected chi connectivity index (χ4v) is 4.62. The number of anilines is 2. The van der Waals surface area contributed by atoms with Crippen LogP contribution in [-0.2, 0) is 4.79 Å². The molecule has 0 atom stereocenters. The summed E-state index contributed by atoms with van der Waals surface area (Å²) < 4.78 is 7.79. The van der Waals surface area contributed by atoms with E-state index in [0.717, 1.165) is 46.6 Å². The number of pyridine rings is 2. The maximum Gasteiger partial charge on any atom is 0.245 e. The van der Waals surface area contributed by atoms with Crippen molar-refractivity contribution in [3.05, 3.63) is 91.3 Å². The SMILES string of the molecule is C=CC(=O)N1CCC=C(c2ccc3ncnc(Nc4ccc(Oc5ccn6ncnc6c5)c(C)c4)c3n2)CC1. The minimum Gasteiger partial charge on any atom is -0.457 e. The van der Waals surface area contributed by atoms with Crippen molar-refractivity contribution in [1.29, 1.82) is 0 Å². The summed E-state index contributed by atoms with van der Waals surface area (Å²) in [7, 11) is 0. The molecule has 6 rings (SSSR count). The molecule has 194 valence electrons. The van der Waals surface area contributed by atoms with E-state index in [0.29, 0.717) is 35.8 Å². The zero-order valence-corrected chi connectivity index (χ0v) is 21.4. The Labute approximate surface area is 224 Å². The number of rotatable bonds is 6. The first-order valence-electron chi connectivity index (χ1n) is 12.6. The highest BCUT2D eigenvalue weighted by molar-refractivity contribution is 5.89. The second-order valence-corrected chi connectivity index (χ2v) is 9.22. The number of ether oxygens (including phenoxy) is 1. The quantitative estimate of drug-likeness (QED) is 0.309. The lowest BCUT2D eigenvalue weighted by atomic mass is 10.1. The fourth-order valence-electron chi connectivity index (χ4n) is 4.62. The molecule has 1 aliphatic rings. The molecule has 0 unspecified atom stereocenters. The Morgan fingerprint density at radius 2 is 2.00 bits per heavy atom. The molecule has 10 heteroatoms. The van der Waals surface area contributed by atoms with Crippen LogP contribution in [0.4, 0.5) is 11.5 Å². The Balaban J connectivity index is 1.23. The van der Waals surface area contributed by atoms with Crippen LogP contribution in [0.3, 0.4) is 0 Å². The molecule has 10 nitrogen and oxygen atoms in total. The Morgan fingerprint density at radius 1 is 1.08 bits per heavy atom. The highest BCUT2D eigenvalue weighted by Gasteiger charge is 2.16. The van der Waals surface area contributed by atoms with Crippen LogP contribution in [-0.4, -0.2) is 53.4 Å². The molecule has 4 aromatic heterocycles. The van der Waals surface area contributed by atoms with Crippen molar-refractivity contribution >= 4 is 39.7 Å². The molecule has 0 aliphatic carbocycles. The van der Waals surface area contributed by atoms with Gasteiger partial charge in [0.15, 0.2) is 11.5 Å². The molecule has 0 spiro atoms. The van der Waals surface area contributed by atoms with E-state index >= 15 is 0 Å². The highest BCUT2D eigenvalue weighted by Crippen LogP contribution is 2.30. The zero-order chi connectivity index (χ0) is 26.8. The number of carbonyl (C=O) groups is 1. The average molecular weight is 519 g/mol. The van der Waals surface area contributed by atoms with Crippen LogP contribution in [0, 0.1) is 6.92 Å². The summed E-state index contributed by atoms with van der Waals surface area (Å²) in [6, 6.07) is 13.5. The molecular formula is C29H26N8O2. The van der Waals surface area contributed by atoms with Crippen molar-refractivity contribution in [1.82, 2.24) is 34.4 Å². The number of hydrogen-bond acceptors (Lipinski definition) is 8. The second-order valence-electron chi connectivity index (χ2n) is 9.22. The maximum atomic E-state index is 12.1. The van der Waals surface area contributed by atoms with Crippen LogP contribution in [0.25, 0.3) is 22.3 Å². The molecule has 0 saturated heterocycles. The minimum atomic E-state index is -0.0425. The third kappa shape index (κ3) is 5.04. The lowest BCUT2D eigenvalue weighted by molar-refractivity contribution is -0.125. The van der Waals surface area contributed by atoms with Gasteiger partial charge in [-0.2, -0.15) is 5.10 Å². The summed E-state index contributed by atoms with van der Waals surface area (Å²) in [5.74, 6) is 1.99. The predicted molar refractivity (Wildman–Crippen MR) is 149 cm³/mol. The van der Waals surface area contributed by atoms with Gasteiger partial charge in [-0.25, -0.2) is 24.5 Å². The predicted octanol–water partition coefficient (Wildman–Crippen LogP) is 5.10. The van der Waals surface area contributed by atoms with E-state index in [4.69, 9.17) is 9.72 Å². The number of nitrogens with zero attached hydrogens (tertiary/aromatic N) is 7.